The van der Waals surface area contributed by atoms with Crippen LogP contribution in [0.25, 0.3) is 0 Å². The smallest absolute Gasteiger partial charge is 0.207 e. The molecule has 0 atom stereocenters. The second-order valence-corrected chi connectivity index (χ2v) is 2.23. The molecule has 0 saturated heterocycles. The number of hydrogen-bond acceptors (Lipinski definition) is 0. The molecule has 2 radical (unpaired) electrons. The Bertz CT molecular complexity index is 292. The molecule has 0 fully saturated rings. The van der Waals surface area contributed by atoms with Crippen molar-refractivity contribution in [2.75, 3.05) is 0 Å². The van der Waals surface area contributed by atoms with Crippen LogP contribution in [0.1, 0.15) is 5.56 Å². The standard InChI is InChI=1S/C7H3BF4/c8-6-2-1-4(9)3-5(6)7(10,11)12/h1-3H. The number of hydrogen-bond donors (Lipinski definition) is 0. The molecule has 0 bridgehead atoms. The molecular formula is C7H3BF4. The van der Waals surface area contributed by atoms with Crippen molar-refractivity contribution in [3.8, 4) is 0 Å². The molecule has 0 saturated carbocycles. The van der Waals surface area contributed by atoms with Gasteiger partial charge in [-0.3, -0.25) is 0 Å². The van der Waals surface area contributed by atoms with E-state index in [1.54, 1.807) is 0 Å². The highest BCUT2D eigenvalue weighted by Gasteiger charge is 2.32. The van der Waals surface area contributed by atoms with Crippen molar-refractivity contribution in [3.63, 3.8) is 0 Å². The van der Waals surface area contributed by atoms with Gasteiger partial charge in [0.15, 0.2) is 0 Å². The third-order valence-corrected chi connectivity index (χ3v) is 1.32. The van der Waals surface area contributed by atoms with Gasteiger partial charge in [0.25, 0.3) is 0 Å². The molecule has 1 aromatic rings. The Hall–Kier alpha value is -0.995. The second kappa shape index (κ2) is 2.81. The molecule has 0 amide bonds. The molecule has 0 N–H and O–H groups in total. The minimum Gasteiger partial charge on any atom is -0.207 e. The molecule has 0 aliphatic heterocycles. The summed E-state index contributed by atoms with van der Waals surface area (Å²) < 4.78 is 48.3. The summed E-state index contributed by atoms with van der Waals surface area (Å²) in [5.41, 5.74) is -1.61. The first-order valence-electron chi connectivity index (χ1n) is 3.03. The molecule has 0 aliphatic carbocycles. The molecule has 1 aromatic carbocycles. The molecule has 0 spiro atoms. The van der Waals surface area contributed by atoms with Gasteiger partial charge in [0.05, 0.1) is 5.56 Å². The maximum Gasteiger partial charge on any atom is 0.415 e. The first-order chi connectivity index (χ1) is 5.41. The summed E-state index contributed by atoms with van der Waals surface area (Å²) in [5, 5.41) is 0. The molecule has 0 aromatic heterocycles. The van der Waals surface area contributed by atoms with Gasteiger partial charge in [0.2, 0.25) is 0 Å². The lowest BCUT2D eigenvalue weighted by molar-refractivity contribution is -0.136. The van der Waals surface area contributed by atoms with Crippen molar-refractivity contribution in [1.82, 2.24) is 0 Å². The maximum atomic E-state index is 12.3. The molecule has 5 heteroatoms. The quantitative estimate of drug-likeness (QED) is 0.414. The Labute approximate surface area is 67.6 Å². The van der Waals surface area contributed by atoms with Crippen LogP contribution < -0.4 is 5.46 Å². The van der Waals surface area contributed by atoms with Crippen LogP contribution in [0.2, 0.25) is 0 Å². The molecule has 1 rings (SSSR count). The normalized spacial score (nSPS) is 11.7. The predicted molar refractivity (Wildman–Crippen MR) is 36.8 cm³/mol. The van der Waals surface area contributed by atoms with Crippen LogP contribution in [0, 0.1) is 5.82 Å². The lowest BCUT2D eigenvalue weighted by Crippen LogP contribution is -2.19. The zero-order chi connectivity index (χ0) is 9.35. The zero-order valence-corrected chi connectivity index (χ0v) is 5.82. The number of rotatable bonds is 0. The van der Waals surface area contributed by atoms with Crippen LogP contribution in [0.5, 0.6) is 0 Å². The Morgan fingerprint density at radius 2 is 1.75 bits per heavy atom. The Kier molecular flexibility index (Phi) is 2.13. The lowest BCUT2D eigenvalue weighted by Gasteiger charge is -2.09. The van der Waals surface area contributed by atoms with Crippen molar-refractivity contribution < 1.29 is 17.6 Å². The van der Waals surface area contributed by atoms with E-state index in [2.05, 4.69) is 0 Å². The van der Waals surface area contributed by atoms with Gasteiger partial charge in [-0.1, -0.05) is 11.5 Å². The molecule has 0 aliphatic rings. The van der Waals surface area contributed by atoms with E-state index in [-0.39, 0.29) is 0 Å². The largest absolute Gasteiger partial charge is 0.415 e. The van der Waals surface area contributed by atoms with Crippen molar-refractivity contribution in [2.45, 2.75) is 6.18 Å². The van der Waals surface area contributed by atoms with Crippen LogP contribution in [0.3, 0.4) is 0 Å². The van der Waals surface area contributed by atoms with E-state index in [0.717, 1.165) is 12.1 Å². The first-order valence-corrected chi connectivity index (χ1v) is 3.03. The third-order valence-electron chi connectivity index (χ3n) is 1.32. The van der Waals surface area contributed by atoms with Gasteiger partial charge < -0.3 is 0 Å². The molecular weight excluding hydrogens is 171 g/mol. The fraction of sp³-hybridized carbons (Fsp3) is 0.143. The fourth-order valence-corrected chi connectivity index (χ4v) is 0.774. The van der Waals surface area contributed by atoms with E-state index in [9.17, 15) is 17.6 Å². The van der Waals surface area contributed by atoms with Crippen LogP contribution in [0.4, 0.5) is 17.6 Å². The van der Waals surface area contributed by atoms with E-state index in [0.29, 0.717) is 6.07 Å². The lowest BCUT2D eigenvalue weighted by atomic mass is 9.90. The monoisotopic (exact) mass is 174 g/mol. The van der Waals surface area contributed by atoms with E-state index >= 15 is 0 Å². The van der Waals surface area contributed by atoms with Crippen molar-refractivity contribution in [3.05, 3.63) is 29.6 Å². The van der Waals surface area contributed by atoms with Gasteiger partial charge in [-0.15, -0.1) is 0 Å². The Morgan fingerprint density at radius 3 is 2.17 bits per heavy atom. The highest BCUT2D eigenvalue weighted by molar-refractivity contribution is 6.33. The number of halogens is 4. The van der Waals surface area contributed by atoms with Crippen LogP contribution in [0.15, 0.2) is 18.2 Å². The number of alkyl halides is 3. The highest BCUT2D eigenvalue weighted by Crippen LogP contribution is 2.27. The van der Waals surface area contributed by atoms with Crippen LogP contribution in [-0.2, 0) is 6.18 Å². The molecule has 12 heavy (non-hydrogen) atoms. The number of benzene rings is 1. The van der Waals surface area contributed by atoms with Crippen LogP contribution >= 0.6 is 0 Å². The SMILES string of the molecule is [B]c1ccc(F)cc1C(F)(F)F. The van der Waals surface area contributed by atoms with Crippen molar-refractivity contribution in [1.29, 1.82) is 0 Å². The third kappa shape index (κ3) is 1.78. The molecule has 0 nitrogen and oxygen atoms in total. The first kappa shape index (κ1) is 9.10. The fourth-order valence-electron chi connectivity index (χ4n) is 0.774. The topological polar surface area (TPSA) is 0 Å². The average molecular weight is 174 g/mol. The summed E-state index contributed by atoms with van der Waals surface area (Å²) in [7, 11) is 4.99. The van der Waals surface area contributed by atoms with E-state index in [1.807, 2.05) is 0 Å². The molecule has 0 heterocycles. The van der Waals surface area contributed by atoms with Gasteiger partial charge in [-0.25, -0.2) is 4.39 Å². The van der Waals surface area contributed by atoms with E-state index in [4.69, 9.17) is 7.85 Å². The second-order valence-electron chi connectivity index (χ2n) is 2.23. The van der Waals surface area contributed by atoms with E-state index < -0.39 is 23.0 Å². The van der Waals surface area contributed by atoms with Gasteiger partial charge in [-0.2, -0.15) is 13.2 Å². The van der Waals surface area contributed by atoms with Gasteiger partial charge in [0, 0.05) is 0 Å². The van der Waals surface area contributed by atoms with Crippen molar-refractivity contribution >= 4 is 13.3 Å². The predicted octanol–water partition coefficient (Wildman–Crippen LogP) is 1.64. The van der Waals surface area contributed by atoms with Gasteiger partial charge in [0.1, 0.15) is 13.7 Å². The van der Waals surface area contributed by atoms with Gasteiger partial charge >= 0.3 is 6.18 Å². The van der Waals surface area contributed by atoms with Gasteiger partial charge in [-0.05, 0) is 12.1 Å². The summed E-state index contributed by atoms with van der Waals surface area (Å²) in [6.45, 7) is 0. The average Bonchev–Trinajstić information content (AvgIpc) is 1.92. The maximum absolute atomic E-state index is 12.3. The molecule has 62 valence electrons. The van der Waals surface area contributed by atoms with Crippen LogP contribution in [-0.4, -0.2) is 7.85 Å². The summed E-state index contributed by atoms with van der Waals surface area (Å²) in [5.74, 6) is -0.948. The van der Waals surface area contributed by atoms with E-state index in [1.165, 1.54) is 0 Å². The highest BCUT2D eigenvalue weighted by atomic mass is 19.4. The minimum absolute atomic E-state index is 0.370. The zero-order valence-electron chi connectivity index (χ0n) is 5.82. The summed E-state index contributed by atoms with van der Waals surface area (Å²) in [6.07, 6.45) is -4.59. The Morgan fingerprint density at radius 1 is 1.17 bits per heavy atom. The Balaban J connectivity index is 3.23. The molecule has 0 unspecified atom stereocenters. The van der Waals surface area contributed by atoms with Crippen molar-refractivity contribution in [2.24, 2.45) is 0 Å². The minimum atomic E-state index is -4.59. The summed E-state index contributed by atoms with van der Waals surface area (Å²) in [6, 6.07) is 2.14. The summed E-state index contributed by atoms with van der Waals surface area (Å²) in [4.78, 5) is 0. The summed E-state index contributed by atoms with van der Waals surface area (Å²) >= 11 is 0.